The van der Waals surface area contributed by atoms with Gasteiger partial charge in [0.15, 0.2) is 4.84 Å². The third-order valence-corrected chi connectivity index (χ3v) is 5.88. The van der Waals surface area contributed by atoms with Gasteiger partial charge in [-0.3, -0.25) is 9.59 Å². The van der Waals surface area contributed by atoms with Crippen molar-refractivity contribution >= 4 is 58.3 Å². The fourth-order valence-electron chi connectivity index (χ4n) is 3.32. The number of alkyl halides is 2. The Balaban J connectivity index is 2.02. The molecule has 166 valence electrons. The van der Waals surface area contributed by atoms with Crippen molar-refractivity contribution in [3.63, 3.8) is 0 Å². The van der Waals surface area contributed by atoms with Crippen LogP contribution in [0.2, 0.25) is 5.02 Å². The number of halogens is 3. The molecule has 0 aliphatic carbocycles. The zero-order valence-corrected chi connectivity index (χ0v) is 19.5. The third kappa shape index (κ3) is 6.40. The van der Waals surface area contributed by atoms with Gasteiger partial charge in [0.05, 0.1) is 0 Å². The number of carbonyl (C=O) groups is 3. The first-order valence-electron chi connectivity index (χ1n) is 9.84. The summed E-state index contributed by atoms with van der Waals surface area (Å²) in [4.78, 5) is 39.8. The Morgan fingerprint density at radius 1 is 1.23 bits per heavy atom. The lowest BCUT2D eigenvalue weighted by Gasteiger charge is -2.41. The first kappa shape index (κ1) is 24.6. The number of hydrogen-bond donors (Lipinski definition) is 2. The van der Waals surface area contributed by atoms with Gasteiger partial charge in [-0.25, -0.2) is 4.79 Å². The number of urea groups is 1. The van der Waals surface area contributed by atoms with E-state index in [1.807, 2.05) is 20.8 Å². The Labute approximate surface area is 192 Å². The van der Waals surface area contributed by atoms with E-state index in [4.69, 9.17) is 34.8 Å². The molecule has 30 heavy (non-hydrogen) atoms. The molecule has 1 fully saturated rings. The molecule has 1 aliphatic rings. The largest absolute Gasteiger partial charge is 0.342 e. The van der Waals surface area contributed by atoms with Gasteiger partial charge >= 0.3 is 6.03 Å². The average molecular weight is 478 g/mol. The summed E-state index contributed by atoms with van der Waals surface area (Å²) in [6, 6.07) is 5.74. The van der Waals surface area contributed by atoms with E-state index in [-0.39, 0.29) is 23.9 Å². The van der Waals surface area contributed by atoms with Crippen LogP contribution in [0.25, 0.3) is 0 Å². The molecule has 1 aromatic rings. The minimum absolute atomic E-state index is 0.0898. The van der Waals surface area contributed by atoms with Gasteiger partial charge in [0, 0.05) is 36.4 Å². The minimum atomic E-state index is -1.24. The number of carbonyl (C=O) groups excluding carboxylic acids is 3. The predicted molar refractivity (Wildman–Crippen MR) is 120 cm³/mol. The monoisotopic (exact) mass is 476 g/mol. The van der Waals surface area contributed by atoms with Gasteiger partial charge in [-0.2, -0.15) is 0 Å². The second-order valence-corrected chi connectivity index (χ2v) is 8.97. The highest BCUT2D eigenvalue weighted by atomic mass is 35.5. The van der Waals surface area contributed by atoms with E-state index in [1.165, 1.54) is 0 Å². The first-order chi connectivity index (χ1) is 14.1. The predicted octanol–water partition coefficient (Wildman–Crippen LogP) is 3.74. The summed E-state index contributed by atoms with van der Waals surface area (Å²) in [5.41, 5.74) is 0.606. The van der Waals surface area contributed by atoms with Crippen LogP contribution >= 0.6 is 34.8 Å². The molecule has 1 aliphatic heterocycles. The Kier molecular flexibility index (Phi) is 9.07. The molecule has 0 spiro atoms. The smallest absolute Gasteiger partial charge is 0.322 e. The molecule has 3 unspecified atom stereocenters. The van der Waals surface area contributed by atoms with Crippen LogP contribution in [0.15, 0.2) is 24.3 Å². The maximum atomic E-state index is 13.1. The molecule has 2 rings (SSSR count). The van der Waals surface area contributed by atoms with Crippen molar-refractivity contribution in [2.24, 2.45) is 5.92 Å². The quantitative estimate of drug-likeness (QED) is 0.612. The maximum Gasteiger partial charge on any atom is 0.322 e. The highest BCUT2D eigenvalue weighted by Gasteiger charge is 2.35. The van der Waals surface area contributed by atoms with Gasteiger partial charge in [0.1, 0.15) is 6.04 Å². The molecule has 10 heteroatoms. The number of nitrogens with zero attached hydrogens (tertiary/aromatic N) is 2. The summed E-state index contributed by atoms with van der Waals surface area (Å²) in [6.07, 6.45) is 0.698. The number of benzene rings is 1. The second-order valence-electron chi connectivity index (χ2n) is 7.44. The van der Waals surface area contributed by atoms with Crippen LogP contribution in [0.3, 0.4) is 0 Å². The molecule has 1 saturated heterocycles. The van der Waals surface area contributed by atoms with Crippen molar-refractivity contribution in [3.05, 3.63) is 29.3 Å². The van der Waals surface area contributed by atoms with Crippen LogP contribution in [0.1, 0.15) is 27.2 Å². The van der Waals surface area contributed by atoms with Crippen LogP contribution < -0.4 is 10.6 Å². The Hall–Kier alpha value is -1.70. The van der Waals surface area contributed by atoms with Gasteiger partial charge < -0.3 is 20.4 Å². The van der Waals surface area contributed by atoms with E-state index in [1.54, 1.807) is 34.1 Å². The van der Waals surface area contributed by atoms with Crippen LogP contribution in [0.5, 0.6) is 0 Å². The molecular formula is C20H27Cl3N4O3. The van der Waals surface area contributed by atoms with Crippen molar-refractivity contribution in [1.29, 1.82) is 0 Å². The average Bonchev–Trinajstić information content (AvgIpc) is 2.70. The molecular weight excluding hydrogens is 451 g/mol. The fraction of sp³-hybridized carbons (Fsp3) is 0.550. The maximum absolute atomic E-state index is 13.1. The Morgan fingerprint density at radius 3 is 2.50 bits per heavy atom. The molecule has 3 atom stereocenters. The highest BCUT2D eigenvalue weighted by molar-refractivity contribution is 6.53. The van der Waals surface area contributed by atoms with E-state index in [2.05, 4.69) is 10.6 Å². The minimum Gasteiger partial charge on any atom is -0.342 e. The number of rotatable bonds is 6. The lowest BCUT2D eigenvalue weighted by atomic mass is 9.97. The number of piperazine rings is 1. The van der Waals surface area contributed by atoms with E-state index in [0.29, 0.717) is 36.8 Å². The van der Waals surface area contributed by atoms with Crippen molar-refractivity contribution in [2.75, 3.05) is 25.0 Å². The van der Waals surface area contributed by atoms with Gasteiger partial charge in [-0.1, -0.05) is 61.1 Å². The Morgan fingerprint density at radius 2 is 1.93 bits per heavy atom. The SMILES string of the molecule is CCC(C)C(NC(=O)C(Cl)Cl)C(=O)N1CCN(C(=O)Nc2cccc(Cl)c2)C(C)C1. The first-order valence-corrected chi connectivity index (χ1v) is 11.1. The lowest BCUT2D eigenvalue weighted by molar-refractivity contribution is -0.139. The van der Waals surface area contributed by atoms with Crippen LogP contribution in [0, 0.1) is 5.92 Å². The molecule has 4 amide bonds. The van der Waals surface area contributed by atoms with Crippen LogP contribution in [-0.4, -0.2) is 64.2 Å². The number of nitrogens with one attached hydrogen (secondary N) is 2. The summed E-state index contributed by atoms with van der Waals surface area (Å²) >= 11 is 17.2. The van der Waals surface area contributed by atoms with Crippen LogP contribution in [-0.2, 0) is 9.59 Å². The molecule has 1 heterocycles. The molecule has 0 bridgehead atoms. The van der Waals surface area contributed by atoms with Crippen molar-refractivity contribution < 1.29 is 14.4 Å². The summed E-state index contributed by atoms with van der Waals surface area (Å²) < 4.78 is 0. The van der Waals surface area contributed by atoms with Crippen molar-refractivity contribution in [2.45, 2.75) is 44.1 Å². The molecule has 7 nitrogen and oxygen atoms in total. The Bertz CT molecular complexity index is 777. The van der Waals surface area contributed by atoms with Gasteiger partial charge in [0.25, 0.3) is 5.91 Å². The lowest BCUT2D eigenvalue weighted by Crippen LogP contribution is -2.60. The van der Waals surface area contributed by atoms with E-state index in [0.717, 1.165) is 0 Å². The number of hydrogen-bond acceptors (Lipinski definition) is 3. The summed E-state index contributed by atoms with van der Waals surface area (Å²) in [7, 11) is 0. The summed E-state index contributed by atoms with van der Waals surface area (Å²) in [6.45, 7) is 6.79. The van der Waals surface area contributed by atoms with E-state index < -0.39 is 16.8 Å². The topological polar surface area (TPSA) is 81.8 Å². The third-order valence-electron chi connectivity index (χ3n) is 5.25. The van der Waals surface area contributed by atoms with Crippen LogP contribution in [0.4, 0.5) is 10.5 Å². The van der Waals surface area contributed by atoms with E-state index >= 15 is 0 Å². The number of anilines is 1. The normalized spacial score (nSPS) is 18.7. The summed E-state index contributed by atoms with van der Waals surface area (Å²) in [5, 5.41) is 6.01. The fourth-order valence-corrected chi connectivity index (χ4v) is 3.63. The van der Waals surface area contributed by atoms with Gasteiger partial charge in [-0.15, -0.1) is 0 Å². The molecule has 0 aromatic heterocycles. The zero-order chi connectivity index (χ0) is 22.4. The van der Waals surface area contributed by atoms with Crippen molar-refractivity contribution in [3.8, 4) is 0 Å². The van der Waals surface area contributed by atoms with E-state index in [9.17, 15) is 14.4 Å². The molecule has 2 N–H and O–H groups in total. The molecule has 0 radical (unpaired) electrons. The standard InChI is InChI=1S/C20H27Cl3N4O3/c1-4-12(2)16(25-18(28)17(22)23)19(29)26-8-9-27(13(3)11-26)20(30)24-15-7-5-6-14(21)10-15/h5-7,10,12-13,16-17H,4,8-9,11H2,1-3H3,(H,24,30)(H,25,28). The second kappa shape index (κ2) is 11.1. The highest BCUT2D eigenvalue weighted by Crippen LogP contribution is 2.19. The molecule has 0 saturated carbocycles. The zero-order valence-electron chi connectivity index (χ0n) is 17.2. The summed E-state index contributed by atoms with van der Waals surface area (Å²) in [5.74, 6) is -0.883. The molecule has 1 aromatic carbocycles. The van der Waals surface area contributed by atoms with Crippen molar-refractivity contribution in [1.82, 2.24) is 15.1 Å². The van der Waals surface area contributed by atoms with Gasteiger partial charge in [0.2, 0.25) is 5.91 Å². The number of amides is 4. The van der Waals surface area contributed by atoms with Gasteiger partial charge in [-0.05, 0) is 31.0 Å².